The lowest BCUT2D eigenvalue weighted by Crippen LogP contribution is -2.35. The molecule has 3 rings (SSSR count). The van der Waals surface area contributed by atoms with Crippen LogP contribution in [0.4, 0.5) is 0 Å². The number of aliphatic hydroxyl groups excluding tert-OH is 1. The Morgan fingerprint density at radius 1 is 1.03 bits per heavy atom. The van der Waals surface area contributed by atoms with Crippen LogP contribution in [0.5, 0.6) is 0 Å². The van der Waals surface area contributed by atoms with Crippen molar-refractivity contribution in [2.75, 3.05) is 13.6 Å². The van der Waals surface area contributed by atoms with Gasteiger partial charge in [0, 0.05) is 24.8 Å². The zero-order chi connectivity index (χ0) is 22.9. The van der Waals surface area contributed by atoms with E-state index in [0.29, 0.717) is 5.56 Å². The molecule has 0 spiro atoms. The number of nitrogens with zero attached hydrogens (tertiary/aromatic N) is 2. The Morgan fingerprint density at radius 3 is 2.34 bits per heavy atom. The van der Waals surface area contributed by atoms with Crippen LogP contribution in [0, 0.1) is 0 Å². The standard InChI is InChI=1S/C27H33N3O2/c1-4-24(26(31)22-10-6-5-7-11-22)29-19-17-21-13-15-23(16-14-21)27(32)30(3)20(2)25-12-8-9-18-28-25/h5-16,18,20,24,26,29,31H,4,17,19H2,1-3H3/t20?,24-,26?/m1/s1. The zero-order valence-electron chi connectivity index (χ0n) is 19.1. The van der Waals surface area contributed by atoms with Crippen LogP contribution in [-0.2, 0) is 6.42 Å². The Bertz CT molecular complexity index is 961. The molecule has 0 saturated heterocycles. The summed E-state index contributed by atoms with van der Waals surface area (Å²) in [5.41, 5.74) is 3.62. The monoisotopic (exact) mass is 431 g/mol. The molecule has 1 amide bonds. The lowest BCUT2D eigenvalue weighted by Gasteiger charge is -2.25. The first kappa shape index (κ1) is 23.6. The predicted octanol–water partition coefficient (Wildman–Crippen LogP) is 4.56. The second-order valence-electron chi connectivity index (χ2n) is 8.12. The molecule has 2 unspecified atom stereocenters. The number of benzene rings is 2. The normalized spacial score (nSPS) is 13.9. The summed E-state index contributed by atoms with van der Waals surface area (Å²) in [4.78, 5) is 19.0. The first-order valence-corrected chi connectivity index (χ1v) is 11.2. The van der Waals surface area contributed by atoms with E-state index in [1.807, 2.05) is 86.8 Å². The van der Waals surface area contributed by atoms with Gasteiger partial charge < -0.3 is 15.3 Å². The van der Waals surface area contributed by atoms with Gasteiger partial charge in [0.2, 0.25) is 0 Å². The van der Waals surface area contributed by atoms with Crippen molar-refractivity contribution in [3.8, 4) is 0 Å². The minimum atomic E-state index is -0.530. The highest BCUT2D eigenvalue weighted by molar-refractivity contribution is 5.94. The van der Waals surface area contributed by atoms with Crippen LogP contribution < -0.4 is 5.32 Å². The molecule has 0 radical (unpaired) electrons. The molecule has 0 saturated carbocycles. The molecule has 3 atom stereocenters. The van der Waals surface area contributed by atoms with Crippen molar-refractivity contribution in [2.45, 2.75) is 44.9 Å². The predicted molar refractivity (Wildman–Crippen MR) is 128 cm³/mol. The SMILES string of the molecule is CC[C@@H](NCCc1ccc(C(=O)N(C)C(C)c2ccccn2)cc1)C(O)c1ccccc1. The highest BCUT2D eigenvalue weighted by Gasteiger charge is 2.20. The molecular weight excluding hydrogens is 398 g/mol. The van der Waals surface area contributed by atoms with Crippen molar-refractivity contribution in [1.29, 1.82) is 0 Å². The molecule has 3 aromatic rings. The molecule has 5 nitrogen and oxygen atoms in total. The van der Waals surface area contributed by atoms with Crippen molar-refractivity contribution in [3.63, 3.8) is 0 Å². The highest BCUT2D eigenvalue weighted by Crippen LogP contribution is 2.20. The zero-order valence-corrected chi connectivity index (χ0v) is 19.1. The molecule has 0 fully saturated rings. The summed E-state index contributed by atoms with van der Waals surface area (Å²) in [7, 11) is 1.81. The molecule has 5 heteroatoms. The number of nitrogens with one attached hydrogen (secondary N) is 1. The summed E-state index contributed by atoms with van der Waals surface area (Å²) >= 11 is 0. The first-order chi connectivity index (χ1) is 15.5. The number of hydrogen-bond donors (Lipinski definition) is 2. The summed E-state index contributed by atoms with van der Waals surface area (Å²) in [6.45, 7) is 4.81. The van der Waals surface area contributed by atoms with E-state index in [2.05, 4.69) is 17.2 Å². The average Bonchev–Trinajstić information content (AvgIpc) is 2.86. The van der Waals surface area contributed by atoms with Crippen molar-refractivity contribution in [1.82, 2.24) is 15.2 Å². The van der Waals surface area contributed by atoms with E-state index >= 15 is 0 Å². The topological polar surface area (TPSA) is 65.5 Å². The van der Waals surface area contributed by atoms with E-state index in [9.17, 15) is 9.90 Å². The molecule has 0 aliphatic heterocycles. The van der Waals surface area contributed by atoms with E-state index in [4.69, 9.17) is 0 Å². The van der Waals surface area contributed by atoms with Crippen LogP contribution in [0.3, 0.4) is 0 Å². The van der Waals surface area contributed by atoms with E-state index in [0.717, 1.165) is 36.2 Å². The van der Waals surface area contributed by atoms with Crippen LogP contribution in [0.25, 0.3) is 0 Å². The summed E-state index contributed by atoms with van der Waals surface area (Å²) in [6.07, 6.45) is 2.88. The molecular formula is C27H33N3O2. The number of hydrogen-bond acceptors (Lipinski definition) is 4. The second kappa shape index (κ2) is 11.6. The third-order valence-electron chi connectivity index (χ3n) is 6.00. The van der Waals surface area contributed by atoms with Gasteiger partial charge in [-0.15, -0.1) is 0 Å². The smallest absolute Gasteiger partial charge is 0.254 e. The fourth-order valence-electron chi connectivity index (χ4n) is 3.78. The maximum atomic E-state index is 12.9. The quantitative estimate of drug-likeness (QED) is 0.494. The number of amides is 1. The van der Waals surface area contributed by atoms with Gasteiger partial charge in [-0.1, -0.05) is 55.5 Å². The Kier molecular flexibility index (Phi) is 8.54. The molecule has 168 valence electrons. The summed E-state index contributed by atoms with van der Waals surface area (Å²) in [5, 5.41) is 14.1. The Labute approximate surface area is 191 Å². The molecule has 0 aliphatic carbocycles. The van der Waals surface area contributed by atoms with Crippen LogP contribution in [-0.4, -0.2) is 40.5 Å². The Morgan fingerprint density at radius 2 is 1.72 bits per heavy atom. The average molecular weight is 432 g/mol. The van der Waals surface area contributed by atoms with E-state index in [-0.39, 0.29) is 18.0 Å². The van der Waals surface area contributed by atoms with Gasteiger partial charge in [-0.3, -0.25) is 9.78 Å². The second-order valence-corrected chi connectivity index (χ2v) is 8.12. The number of carbonyl (C=O) groups excluding carboxylic acids is 1. The lowest BCUT2D eigenvalue weighted by atomic mass is 10.00. The van der Waals surface area contributed by atoms with Gasteiger partial charge in [-0.25, -0.2) is 0 Å². The molecule has 32 heavy (non-hydrogen) atoms. The van der Waals surface area contributed by atoms with Crippen molar-refractivity contribution >= 4 is 5.91 Å². The molecule has 2 aromatic carbocycles. The van der Waals surface area contributed by atoms with E-state index < -0.39 is 6.10 Å². The van der Waals surface area contributed by atoms with Crippen molar-refractivity contribution in [2.24, 2.45) is 0 Å². The first-order valence-electron chi connectivity index (χ1n) is 11.2. The molecule has 1 aromatic heterocycles. The van der Waals surface area contributed by atoms with Gasteiger partial charge in [0.1, 0.15) is 0 Å². The third kappa shape index (κ3) is 6.02. The third-order valence-corrected chi connectivity index (χ3v) is 6.00. The van der Waals surface area contributed by atoms with E-state index in [1.165, 1.54) is 0 Å². The van der Waals surface area contributed by atoms with Gasteiger partial charge in [-0.2, -0.15) is 0 Å². The lowest BCUT2D eigenvalue weighted by molar-refractivity contribution is 0.0739. The van der Waals surface area contributed by atoms with Gasteiger partial charge in [0.05, 0.1) is 17.8 Å². The van der Waals surface area contributed by atoms with Crippen molar-refractivity contribution < 1.29 is 9.90 Å². The number of aromatic nitrogens is 1. The van der Waals surface area contributed by atoms with Crippen LogP contribution in [0.1, 0.15) is 59.6 Å². The van der Waals surface area contributed by atoms with Crippen molar-refractivity contribution in [3.05, 3.63) is 101 Å². The number of pyridine rings is 1. The van der Waals surface area contributed by atoms with Gasteiger partial charge in [0.15, 0.2) is 0 Å². The summed E-state index contributed by atoms with van der Waals surface area (Å²) in [6, 6.07) is 23.2. The Balaban J connectivity index is 1.53. The molecule has 0 aliphatic rings. The minimum absolute atomic E-state index is 0.0000146. The summed E-state index contributed by atoms with van der Waals surface area (Å²) in [5.74, 6) is -0.0233. The van der Waals surface area contributed by atoms with Crippen LogP contribution in [0.15, 0.2) is 79.0 Å². The summed E-state index contributed by atoms with van der Waals surface area (Å²) < 4.78 is 0. The number of carbonyl (C=O) groups is 1. The fourth-order valence-corrected chi connectivity index (χ4v) is 3.78. The van der Waals surface area contributed by atoms with Crippen LogP contribution in [0.2, 0.25) is 0 Å². The highest BCUT2D eigenvalue weighted by atomic mass is 16.3. The van der Waals surface area contributed by atoms with E-state index in [1.54, 1.807) is 11.1 Å². The largest absolute Gasteiger partial charge is 0.387 e. The van der Waals surface area contributed by atoms with Gasteiger partial charge in [-0.05, 0) is 61.7 Å². The number of aliphatic hydroxyl groups is 1. The molecule has 1 heterocycles. The van der Waals surface area contributed by atoms with Crippen LogP contribution >= 0.6 is 0 Å². The Hall–Kier alpha value is -3.02. The maximum absolute atomic E-state index is 12.9. The number of rotatable bonds is 10. The minimum Gasteiger partial charge on any atom is -0.387 e. The fraction of sp³-hybridized carbons (Fsp3) is 0.333. The molecule has 2 N–H and O–H groups in total. The molecule has 0 bridgehead atoms. The van der Waals surface area contributed by atoms with Gasteiger partial charge in [0.25, 0.3) is 5.91 Å². The van der Waals surface area contributed by atoms with Gasteiger partial charge >= 0.3 is 0 Å². The maximum Gasteiger partial charge on any atom is 0.254 e.